The quantitative estimate of drug-likeness (QED) is 0.244. The van der Waals surface area contributed by atoms with Crippen LogP contribution in [0.15, 0.2) is 66.7 Å². The van der Waals surface area contributed by atoms with Gasteiger partial charge in [-0.05, 0) is 54.9 Å². The SMILES string of the molecule is NC(=O)c1ccccc1COc1ccc(CCNC[C@H](O)COc2ccc(O)c(CO)c2)cc1. The lowest BCUT2D eigenvalue weighted by molar-refractivity contribution is 0.0997. The van der Waals surface area contributed by atoms with Crippen molar-refractivity contribution < 1.29 is 29.6 Å². The average Bonchev–Trinajstić information content (AvgIpc) is 2.85. The summed E-state index contributed by atoms with van der Waals surface area (Å²) in [7, 11) is 0. The summed E-state index contributed by atoms with van der Waals surface area (Å²) in [5.74, 6) is 0.698. The molecule has 6 N–H and O–H groups in total. The lowest BCUT2D eigenvalue weighted by Crippen LogP contribution is -2.32. The standard InChI is InChI=1S/C26H30N2O6/c27-26(32)24-4-2-1-3-19(24)16-33-22-7-5-18(6-8-22)11-12-28-14-21(30)17-34-23-9-10-25(31)20(13-23)15-29/h1-10,13,21,28-31H,11-12,14-17H2,(H2,27,32)/t21-/m0/s1. The smallest absolute Gasteiger partial charge is 0.249 e. The number of aromatic hydroxyl groups is 1. The monoisotopic (exact) mass is 466 g/mol. The second kappa shape index (κ2) is 12.6. The Morgan fingerprint density at radius 2 is 1.71 bits per heavy atom. The number of ether oxygens (including phenoxy) is 2. The van der Waals surface area contributed by atoms with Gasteiger partial charge in [0.25, 0.3) is 0 Å². The molecule has 1 amide bonds. The van der Waals surface area contributed by atoms with Crippen molar-refractivity contribution in [3.63, 3.8) is 0 Å². The number of phenols is 1. The number of hydrogen-bond acceptors (Lipinski definition) is 7. The third kappa shape index (κ3) is 7.48. The maximum atomic E-state index is 11.5. The van der Waals surface area contributed by atoms with E-state index < -0.39 is 12.0 Å². The number of carbonyl (C=O) groups excluding carboxylic acids is 1. The molecule has 8 heteroatoms. The Morgan fingerprint density at radius 3 is 2.44 bits per heavy atom. The highest BCUT2D eigenvalue weighted by molar-refractivity contribution is 5.94. The molecule has 180 valence electrons. The van der Waals surface area contributed by atoms with E-state index in [9.17, 15) is 20.1 Å². The van der Waals surface area contributed by atoms with Crippen LogP contribution in [0, 0.1) is 0 Å². The maximum Gasteiger partial charge on any atom is 0.249 e. The largest absolute Gasteiger partial charge is 0.508 e. The van der Waals surface area contributed by atoms with Crippen molar-refractivity contribution in [2.45, 2.75) is 25.7 Å². The normalized spacial score (nSPS) is 11.7. The minimum Gasteiger partial charge on any atom is -0.508 e. The average molecular weight is 467 g/mol. The van der Waals surface area contributed by atoms with Crippen molar-refractivity contribution in [3.05, 3.63) is 89.0 Å². The topological polar surface area (TPSA) is 134 Å². The lowest BCUT2D eigenvalue weighted by Gasteiger charge is -2.14. The van der Waals surface area contributed by atoms with E-state index in [1.165, 1.54) is 6.07 Å². The Balaban J connectivity index is 1.36. The summed E-state index contributed by atoms with van der Waals surface area (Å²) in [4.78, 5) is 11.5. The molecule has 34 heavy (non-hydrogen) atoms. The van der Waals surface area contributed by atoms with Crippen LogP contribution in [-0.4, -0.2) is 47.0 Å². The molecule has 0 unspecified atom stereocenters. The summed E-state index contributed by atoms with van der Waals surface area (Å²) < 4.78 is 11.3. The molecule has 3 aromatic rings. The van der Waals surface area contributed by atoms with E-state index in [0.717, 1.165) is 17.5 Å². The van der Waals surface area contributed by atoms with Crippen molar-refractivity contribution in [1.82, 2.24) is 5.32 Å². The molecular weight excluding hydrogens is 436 g/mol. The molecule has 0 saturated carbocycles. The van der Waals surface area contributed by atoms with Gasteiger partial charge in [-0.15, -0.1) is 0 Å². The van der Waals surface area contributed by atoms with Crippen molar-refractivity contribution in [2.75, 3.05) is 19.7 Å². The lowest BCUT2D eigenvalue weighted by atomic mass is 10.1. The summed E-state index contributed by atoms with van der Waals surface area (Å²) in [6.07, 6.45) is 0.0707. The predicted molar refractivity (Wildman–Crippen MR) is 128 cm³/mol. The molecule has 8 nitrogen and oxygen atoms in total. The molecule has 3 aromatic carbocycles. The van der Waals surface area contributed by atoms with E-state index in [1.807, 2.05) is 36.4 Å². The van der Waals surface area contributed by atoms with Crippen molar-refractivity contribution >= 4 is 5.91 Å². The Bertz CT molecular complexity index is 1070. The fourth-order valence-electron chi connectivity index (χ4n) is 3.33. The van der Waals surface area contributed by atoms with Gasteiger partial charge in [0.2, 0.25) is 5.91 Å². The minimum absolute atomic E-state index is 0.00470. The molecule has 1 atom stereocenters. The highest BCUT2D eigenvalue weighted by Crippen LogP contribution is 2.23. The summed E-state index contributed by atoms with van der Waals surface area (Å²) in [5, 5.41) is 32.0. The van der Waals surface area contributed by atoms with Crippen LogP contribution in [0.25, 0.3) is 0 Å². The predicted octanol–water partition coefficient (Wildman–Crippen LogP) is 2.13. The first kappa shape index (κ1) is 25.0. The van der Waals surface area contributed by atoms with Crippen molar-refractivity contribution in [3.8, 4) is 17.2 Å². The molecule has 0 aliphatic carbocycles. The third-order valence-corrected chi connectivity index (χ3v) is 5.23. The van der Waals surface area contributed by atoms with E-state index in [-0.39, 0.29) is 25.6 Å². The number of benzene rings is 3. The molecule has 0 aromatic heterocycles. The van der Waals surface area contributed by atoms with Gasteiger partial charge >= 0.3 is 0 Å². The van der Waals surface area contributed by atoms with E-state index in [0.29, 0.717) is 35.7 Å². The second-order valence-corrected chi connectivity index (χ2v) is 7.82. The van der Waals surface area contributed by atoms with E-state index >= 15 is 0 Å². The summed E-state index contributed by atoms with van der Waals surface area (Å²) >= 11 is 0. The van der Waals surface area contributed by atoms with E-state index in [4.69, 9.17) is 15.2 Å². The number of aliphatic hydroxyl groups excluding tert-OH is 2. The van der Waals surface area contributed by atoms with Gasteiger partial charge in [-0.1, -0.05) is 30.3 Å². The van der Waals surface area contributed by atoms with Crippen molar-refractivity contribution in [1.29, 1.82) is 0 Å². The van der Waals surface area contributed by atoms with Gasteiger partial charge < -0.3 is 35.8 Å². The van der Waals surface area contributed by atoms with E-state index in [1.54, 1.807) is 24.3 Å². The van der Waals surface area contributed by atoms with Gasteiger partial charge in [0.15, 0.2) is 0 Å². The molecule has 0 heterocycles. The van der Waals surface area contributed by atoms with Crippen LogP contribution in [-0.2, 0) is 19.6 Å². The number of nitrogens with one attached hydrogen (secondary N) is 1. The highest BCUT2D eigenvalue weighted by Gasteiger charge is 2.09. The fourth-order valence-corrected chi connectivity index (χ4v) is 3.33. The number of rotatable bonds is 13. The van der Waals surface area contributed by atoms with Gasteiger partial charge in [-0.25, -0.2) is 0 Å². The number of nitrogens with two attached hydrogens (primary N) is 1. The maximum absolute atomic E-state index is 11.5. The molecule has 0 radical (unpaired) electrons. The summed E-state index contributed by atoms with van der Waals surface area (Å²) in [6.45, 7) is 1.10. The van der Waals surface area contributed by atoms with Crippen LogP contribution in [0.1, 0.15) is 27.0 Å². The third-order valence-electron chi connectivity index (χ3n) is 5.23. The zero-order valence-corrected chi connectivity index (χ0v) is 18.8. The number of hydrogen-bond donors (Lipinski definition) is 5. The van der Waals surface area contributed by atoms with Crippen LogP contribution < -0.4 is 20.5 Å². The second-order valence-electron chi connectivity index (χ2n) is 7.82. The number of aliphatic hydroxyl groups is 2. The highest BCUT2D eigenvalue weighted by atomic mass is 16.5. The molecule has 0 saturated heterocycles. The molecule has 0 aliphatic heterocycles. The number of amides is 1. The van der Waals surface area contributed by atoms with Gasteiger partial charge in [-0.3, -0.25) is 4.79 Å². The first-order chi connectivity index (χ1) is 16.5. The molecule has 0 fully saturated rings. The van der Waals surface area contributed by atoms with Crippen LogP contribution in [0.4, 0.5) is 0 Å². The van der Waals surface area contributed by atoms with Crippen LogP contribution in [0.3, 0.4) is 0 Å². The first-order valence-corrected chi connectivity index (χ1v) is 11.0. The molecule has 0 bridgehead atoms. The number of carbonyl (C=O) groups is 1. The van der Waals surface area contributed by atoms with Gasteiger partial charge in [0.05, 0.1) is 6.61 Å². The zero-order valence-electron chi connectivity index (χ0n) is 18.8. The Morgan fingerprint density at radius 1 is 0.971 bits per heavy atom. The molecular formula is C26H30N2O6. The minimum atomic E-state index is -0.703. The summed E-state index contributed by atoms with van der Waals surface area (Å²) in [5.41, 5.74) is 8.08. The number of primary amides is 1. The fraction of sp³-hybridized carbons (Fsp3) is 0.269. The van der Waals surface area contributed by atoms with Crippen molar-refractivity contribution in [2.24, 2.45) is 5.73 Å². The zero-order chi connectivity index (χ0) is 24.3. The Labute approximate surface area is 198 Å². The first-order valence-electron chi connectivity index (χ1n) is 11.0. The van der Waals surface area contributed by atoms with Gasteiger partial charge in [-0.2, -0.15) is 0 Å². The summed E-state index contributed by atoms with van der Waals surface area (Å²) in [6, 6.07) is 19.4. The van der Waals surface area contributed by atoms with Crippen LogP contribution in [0.5, 0.6) is 17.2 Å². The molecule has 0 spiro atoms. The van der Waals surface area contributed by atoms with Crippen LogP contribution >= 0.6 is 0 Å². The molecule has 0 aliphatic rings. The van der Waals surface area contributed by atoms with Gasteiger partial charge in [0, 0.05) is 23.2 Å². The van der Waals surface area contributed by atoms with Crippen LogP contribution in [0.2, 0.25) is 0 Å². The molecule has 3 rings (SSSR count). The van der Waals surface area contributed by atoms with E-state index in [2.05, 4.69) is 5.32 Å². The Hall–Kier alpha value is -3.59. The Kier molecular flexibility index (Phi) is 9.28. The van der Waals surface area contributed by atoms with Gasteiger partial charge in [0.1, 0.15) is 36.6 Å².